The lowest BCUT2D eigenvalue weighted by atomic mass is 10.0. The largest absolute Gasteiger partial charge is 0.496 e. The summed E-state index contributed by atoms with van der Waals surface area (Å²) in [6, 6.07) is 13.2. The lowest BCUT2D eigenvalue weighted by Crippen LogP contribution is -2.49. The second kappa shape index (κ2) is 11.7. The molecule has 2 amide bonds. The van der Waals surface area contributed by atoms with Crippen molar-refractivity contribution in [3.8, 4) is 11.5 Å². The number of methoxy groups -OCH3 is 1. The summed E-state index contributed by atoms with van der Waals surface area (Å²) < 4.78 is 10.9. The second-order valence-electron chi connectivity index (χ2n) is 7.05. The molecule has 0 atom stereocenters. The molecular formula is C23H27N3O4S. The van der Waals surface area contributed by atoms with Gasteiger partial charge in [0.2, 0.25) is 5.91 Å². The Labute approximate surface area is 187 Å². The zero-order chi connectivity index (χ0) is 22.8. The van der Waals surface area contributed by atoms with Gasteiger partial charge in [-0.1, -0.05) is 44.2 Å². The van der Waals surface area contributed by atoms with E-state index in [1.165, 1.54) is 6.08 Å². The third-order valence-corrected chi connectivity index (χ3v) is 4.46. The minimum atomic E-state index is -0.449. The Kier molecular flexibility index (Phi) is 9.02. The van der Waals surface area contributed by atoms with Gasteiger partial charge in [-0.2, -0.15) is 0 Å². The third-order valence-electron chi connectivity index (χ3n) is 4.26. The van der Waals surface area contributed by atoms with E-state index in [4.69, 9.17) is 21.7 Å². The van der Waals surface area contributed by atoms with Crippen LogP contribution in [0.15, 0.2) is 48.5 Å². The van der Waals surface area contributed by atoms with Crippen LogP contribution in [0.5, 0.6) is 11.5 Å². The molecule has 2 rings (SSSR count). The van der Waals surface area contributed by atoms with Crippen LogP contribution in [0.3, 0.4) is 0 Å². The molecule has 0 radical (unpaired) electrons. The Balaban J connectivity index is 1.79. The number of carbonyl (C=O) groups excluding carboxylic acids is 2. The molecule has 0 unspecified atom stereocenters. The van der Waals surface area contributed by atoms with E-state index in [-0.39, 0.29) is 17.6 Å². The summed E-state index contributed by atoms with van der Waals surface area (Å²) in [5, 5.41) is 2.41. The van der Waals surface area contributed by atoms with Crippen LogP contribution in [0.25, 0.3) is 6.08 Å². The zero-order valence-corrected chi connectivity index (χ0v) is 18.8. The zero-order valence-electron chi connectivity index (χ0n) is 18.0. The highest BCUT2D eigenvalue weighted by Crippen LogP contribution is 2.27. The molecule has 7 nitrogen and oxygen atoms in total. The fourth-order valence-electron chi connectivity index (χ4n) is 2.70. The van der Waals surface area contributed by atoms with Gasteiger partial charge in [0.1, 0.15) is 11.5 Å². The van der Waals surface area contributed by atoms with E-state index in [2.05, 4.69) is 30.0 Å². The number of thiocarbonyl (C=S) groups is 1. The number of nitrogens with one attached hydrogen (secondary N) is 3. The van der Waals surface area contributed by atoms with Gasteiger partial charge in [0.05, 0.1) is 7.11 Å². The topological polar surface area (TPSA) is 88.7 Å². The summed E-state index contributed by atoms with van der Waals surface area (Å²) >= 11 is 5.02. The first-order valence-corrected chi connectivity index (χ1v) is 10.1. The molecule has 0 aromatic heterocycles. The number of rotatable bonds is 7. The first-order valence-electron chi connectivity index (χ1n) is 9.74. The molecule has 0 saturated heterocycles. The Morgan fingerprint density at radius 2 is 1.84 bits per heavy atom. The molecule has 0 saturated carbocycles. The summed E-state index contributed by atoms with van der Waals surface area (Å²) in [5.74, 6) is 0.701. The molecule has 31 heavy (non-hydrogen) atoms. The van der Waals surface area contributed by atoms with Gasteiger partial charge in [0.25, 0.3) is 5.91 Å². The monoisotopic (exact) mass is 441 g/mol. The Morgan fingerprint density at radius 3 is 2.55 bits per heavy atom. The summed E-state index contributed by atoms with van der Waals surface area (Å²) in [5.41, 5.74) is 7.70. The number of carbonyl (C=O) groups is 2. The van der Waals surface area contributed by atoms with Crippen LogP contribution in [0.4, 0.5) is 0 Å². The van der Waals surface area contributed by atoms with Crippen LogP contribution >= 0.6 is 12.2 Å². The summed E-state index contributed by atoms with van der Waals surface area (Å²) in [6.45, 7) is 5.88. The Bertz CT molecular complexity index is 973. The second-order valence-corrected chi connectivity index (χ2v) is 7.46. The average Bonchev–Trinajstić information content (AvgIpc) is 2.74. The van der Waals surface area contributed by atoms with Crippen molar-refractivity contribution in [2.45, 2.75) is 26.7 Å². The smallest absolute Gasteiger partial charge is 0.276 e. The first-order chi connectivity index (χ1) is 14.8. The molecule has 0 bridgehead atoms. The highest BCUT2D eigenvalue weighted by molar-refractivity contribution is 7.80. The maximum absolute atomic E-state index is 12.1. The Hall–Kier alpha value is -3.39. The molecule has 0 aliphatic carbocycles. The van der Waals surface area contributed by atoms with Crippen molar-refractivity contribution in [3.05, 3.63) is 65.2 Å². The number of hydrazine groups is 1. The fraction of sp³-hybridized carbons (Fsp3) is 0.261. The predicted molar refractivity (Wildman–Crippen MR) is 125 cm³/mol. The Morgan fingerprint density at radius 1 is 1.10 bits per heavy atom. The van der Waals surface area contributed by atoms with Gasteiger partial charge < -0.3 is 9.47 Å². The number of hydrogen-bond donors (Lipinski definition) is 3. The van der Waals surface area contributed by atoms with Crippen LogP contribution in [-0.2, 0) is 9.59 Å². The van der Waals surface area contributed by atoms with Crippen molar-refractivity contribution in [2.24, 2.45) is 0 Å². The standard InChI is InChI=1S/C23H27N3O4S/c1-15(2)18-11-9-16(3)13-20(18)30-14-22(28)25-26-23(31)24-21(27)12-10-17-7-5-6-8-19(17)29-4/h5-13,15H,14H2,1-4H3,(H,25,28)(H2,24,26,27,31). The number of aryl methyl sites for hydroxylation is 1. The van der Waals surface area contributed by atoms with Crippen molar-refractivity contribution in [1.29, 1.82) is 0 Å². The highest BCUT2D eigenvalue weighted by atomic mass is 32.1. The predicted octanol–water partition coefficient (Wildman–Crippen LogP) is 3.24. The summed E-state index contributed by atoms with van der Waals surface area (Å²) in [6.07, 6.45) is 2.93. The molecule has 0 aliphatic heterocycles. The number of amides is 2. The quantitative estimate of drug-likeness (QED) is 0.347. The molecule has 3 N–H and O–H groups in total. The van der Waals surface area contributed by atoms with E-state index in [0.717, 1.165) is 16.7 Å². The van der Waals surface area contributed by atoms with Gasteiger partial charge >= 0.3 is 0 Å². The van der Waals surface area contributed by atoms with Crippen molar-refractivity contribution < 1.29 is 19.1 Å². The van der Waals surface area contributed by atoms with E-state index in [1.54, 1.807) is 19.3 Å². The van der Waals surface area contributed by atoms with Crippen molar-refractivity contribution in [3.63, 3.8) is 0 Å². The molecule has 164 valence electrons. The lowest BCUT2D eigenvalue weighted by molar-refractivity contribution is -0.123. The summed E-state index contributed by atoms with van der Waals surface area (Å²) in [7, 11) is 1.56. The van der Waals surface area contributed by atoms with Gasteiger partial charge in [-0.15, -0.1) is 0 Å². The van der Waals surface area contributed by atoms with Gasteiger partial charge in [-0.25, -0.2) is 0 Å². The van der Waals surface area contributed by atoms with Crippen LogP contribution in [0.1, 0.15) is 36.5 Å². The van der Waals surface area contributed by atoms with Gasteiger partial charge in [-0.3, -0.25) is 25.8 Å². The van der Waals surface area contributed by atoms with Crippen LogP contribution in [0.2, 0.25) is 0 Å². The molecule has 8 heteroatoms. The SMILES string of the molecule is COc1ccccc1C=CC(=O)NC(=S)NNC(=O)COc1cc(C)ccc1C(C)C. The number of benzene rings is 2. The summed E-state index contributed by atoms with van der Waals surface area (Å²) in [4.78, 5) is 24.1. The normalized spacial score (nSPS) is 10.6. The van der Waals surface area contributed by atoms with E-state index in [1.807, 2.05) is 43.3 Å². The average molecular weight is 442 g/mol. The van der Waals surface area contributed by atoms with Gasteiger partial charge in [-0.05, 0) is 54.4 Å². The highest BCUT2D eigenvalue weighted by Gasteiger charge is 2.11. The number of para-hydroxylation sites is 1. The molecular weight excluding hydrogens is 414 g/mol. The maximum Gasteiger partial charge on any atom is 0.276 e. The number of ether oxygens (including phenoxy) is 2. The van der Waals surface area contributed by atoms with Crippen LogP contribution in [0, 0.1) is 6.92 Å². The van der Waals surface area contributed by atoms with Crippen LogP contribution < -0.4 is 25.6 Å². The molecule has 0 heterocycles. The van der Waals surface area contributed by atoms with E-state index in [0.29, 0.717) is 11.5 Å². The van der Waals surface area contributed by atoms with Crippen LogP contribution in [-0.4, -0.2) is 30.6 Å². The third kappa shape index (κ3) is 7.75. The maximum atomic E-state index is 12.1. The lowest BCUT2D eigenvalue weighted by Gasteiger charge is -2.15. The van der Waals surface area contributed by atoms with Gasteiger partial charge in [0, 0.05) is 11.6 Å². The molecule has 2 aromatic rings. The van der Waals surface area contributed by atoms with Crippen molar-refractivity contribution >= 4 is 35.2 Å². The molecule has 0 fully saturated rings. The fourth-order valence-corrected chi connectivity index (χ4v) is 2.86. The number of hydrogen-bond acceptors (Lipinski definition) is 5. The van der Waals surface area contributed by atoms with Gasteiger partial charge in [0.15, 0.2) is 11.7 Å². The molecule has 0 spiro atoms. The minimum absolute atomic E-state index is 0.0403. The minimum Gasteiger partial charge on any atom is -0.496 e. The van der Waals surface area contributed by atoms with E-state index < -0.39 is 11.8 Å². The van der Waals surface area contributed by atoms with E-state index >= 15 is 0 Å². The molecule has 0 aliphatic rings. The first kappa shape index (κ1) is 23.9. The van der Waals surface area contributed by atoms with Crippen molar-refractivity contribution in [2.75, 3.05) is 13.7 Å². The molecule has 2 aromatic carbocycles. The van der Waals surface area contributed by atoms with E-state index in [9.17, 15) is 9.59 Å². The van der Waals surface area contributed by atoms with Crippen molar-refractivity contribution in [1.82, 2.24) is 16.2 Å².